The molecule has 0 aromatic carbocycles. The molecule has 0 radical (unpaired) electrons. The van der Waals surface area contributed by atoms with E-state index in [9.17, 15) is 40.5 Å². The van der Waals surface area contributed by atoms with Crippen molar-refractivity contribution in [3.05, 3.63) is 12.2 Å². The Morgan fingerprint density at radius 2 is 0.868 bits per heavy atom. The van der Waals surface area contributed by atoms with Crippen molar-refractivity contribution < 1.29 is 69.0 Å². The van der Waals surface area contributed by atoms with Crippen LogP contribution in [0, 0.1) is 0 Å². The van der Waals surface area contributed by atoms with Gasteiger partial charge in [0.15, 0.2) is 12.6 Å². The number of aliphatic hydroxyl groups excluding tert-OH is 7. The third kappa shape index (κ3) is 29.3. The molecule has 0 aliphatic carbocycles. The number of carbonyl (C=O) groups excluding carboxylic acids is 1. The van der Waals surface area contributed by atoms with Gasteiger partial charge in [-0.2, -0.15) is 0 Å². The van der Waals surface area contributed by atoms with Crippen LogP contribution in [-0.2, 0) is 33.2 Å². The molecule has 0 spiro atoms. The summed E-state index contributed by atoms with van der Waals surface area (Å²) in [6, 6.07) is 0. The van der Waals surface area contributed by atoms with Gasteiger partial charge in [0.25, 0.3) is 0 Å². The molecule has 2 fully saturated rings. The molecule has 2 rings (SSSR count). The van der Waals surface area contributed by atoms with Gasteiger partial charge < -0.3 is 64.2 Å². The largest absolute Gasteiger partial charge is 0.457 e. The van der Waals surface area contributed by atoms with Crippen LogP contribution in [-0.4, -0.2) is 142 Å². The second kappa shape index (κ2) is 42.3. The Balaban J connectivity index is 1.69. The summed E-state index contributed by atoms with van der Waals surface area (Å²) in [4.78, 5) is 13.0. The molecule has 11 atom stereocenters. The van der Waals surface area contributed by atoms with Gasteiger partial charge in [0.2, 0.25) is 0 Å². The van der Waals surface area contributed by atoms with Crippen LogP contribution < -0.4 is 0 Å². The number of hydrogen-bond donors (Lipinski definition) is 7. The summed E-state index contributed by atoms with van der Waals surface area (Å²) in [6.07, 6.45) is 28.6. The predicted octanol–water partition coefficient (Wildman–Crippen LogP) is 9.02. The fourth-order valence-electron chi connectivity index (χ4n) is 8.99. The van der Waals surface area contributed by atoms with Crippen molar-refractivity contribution in [1.82, 2.24) is 0 Å². The molecule has 2 heterocycles. The van der Waals surface area contributed by atoms with Crippen molar-refractivity contribution in [3.8, 4) is 0 Å². The van der Waals surface area contributed by atoms with Gasteiger partial charge in [-0.25, -0.2) is 0 Å². The highest BCUT2D eigenvalue weighted by molar-refractivity contribution is 5.69. The Morgan fingerprint density at radius 1 is 0.471 bits per heavy atom. The van der Waals surface area contributed by atoms with E-state index in [4.69, 9.17) is 28.4 Å². The molecule has 402 valence electrons. The van der Waals surface area contributed by atoms with Gasteiger partial charge in [0.1, 0.15) is 54.9 Å². The Labute approximate surface area is 412 Å². The molecule has 2 aliphatic rings. The second-order valence-electron chi connectivity index (χ2n) is 19.8. The molecule has 0 aromatic heterocycles. The van der Waals surface area contributed by atoms with Crippen molar-refractivity contribution in [2.45, 2.75) is 293 Å². The average molecular weight is 975 g/mol. The Hall–Kier alpha value is -1.27. The lowest BCUT2D eigenvalue weighted by molar-refractivity contribution is -0.332. The molecule has 2 saturated heterocycles. The van der Waals surface area contributed by atoms with Crippen LogP contribution in [0.4, 0.5) is 0 Å². The molecule has 68 heavy (non-hydrogen) atoms. The molecule has 0 bridgehead atoms. The van der Waals surface area contributed by atoms with Crippen LogP contribution in [0.15, 0.2) is 12.2 Å². The SMILES string of the molecule is CCCCC/C=C\CCCCCCCC(=O)OC(COCCCCCCCCCCCCCCCCCCCCCCCC)COC1OC(COC2OC(CO)C(O)C(O)C2O)C(O)C(O)C1O. The monoisotopic (exact) mass is 975 g/mol. The van der Waals surface area contributed by atoms with Gasteiger partial charge in [-0.1, -0.05) is 193 Å². The first-order chi connectivity index (χ1) is 33.1. The first kappa shape index (κ1) is 62.8. The molecule has 11 unspecified atom stereocenters. The van der Waals surface area contributed by atoms with Gasteiger partial charge in [0.05, 0.1) is 26.4 Å². The van der Waals surface area contributed by atoms with Gasteiger partial charge in [-0.15, -0.1) is 0 Å². The Bertz CT molecular complexity index is 1180. The predicted molar refractivity (Wildman–Crippen MR) is 266 cm³/mol. The number of allylic oxidation sites excluding steroid dienone is 2. The molecule has 2 aliphatic heterocycles. The summed E-state index contributed by atoms with van der Waals surface area (Å²) in [6.45, 7) is 3.69. The molecular formula is C54H102O14. The van der Waals surface area contributed by atoms with E-state index < -0.39 is 80.7 Å². The number of esters is 1. The lowest BCUT2D eigenvalue weighted by atomic mass is 9.98. The van der Waals surface area contributed by atoms with Crippen LogP contribution in [0.3, 0.4) is 0 Å². The number of ether oxygens (including phenoxy) is 6. The van der Waals surface area contributed by atoms with E-state index in [1.165, 1.54) is 141 Å². The highest BCUT2D eigenvalue weighted by Crippen LogP contribution is 2.27. The summed E-state index contributed by atoms with van der Waals surface area (Å²) >= 11 is 0. The molecule has 0 aromatic rings. The summed E-state index contributed by atoms with van der Waals surface area (Å²) in [5.41, 5.74) is 0. The number of unbranched alkanes of at least 4 members (excludes halogenated alkanes) is 29. The average Bonchev–Trinajstić information content (AvgIpc) is 3.33. The van der Waals surface area contributed by atoms with Crippen molar-refractivity contribution in [2.24, 2.45) is 0 Å². The second-order valence-corrected chi connectivity index (χ2v) is 19.8. The van der Waals surface area contributed by atoms with Gasteiger partial charge in [0, 0.05) is 13.0 Å². The third-order valence-electron chi connectivity index (χ3n) is 13.5. The van der Waals surface area contributed by atoms with E-state index in [0.29, 0.717) is 13.0 Å². The molecule has 14 heteroatoms. The number of rotatable bonds is 45. The van der Waals surface area contributed by atoms with Crippen LogP contribution in [0.5, 0.6) is 0 Å². The topological polar surface area (TPSA) is 214 Å². The minimum Gasteiger partial charge on any atom is -0.457 e. The maximum Gasteiger partial charge on any atom is 0.306 e. The lowest BCUT2D eigenvalue weighted by Gasteiger charge is -2.42. The quantitative estimate of drug-likeness (QED) is 0.0172. The molecule has 0 saturated carbocycles. The highest BCUT2D eigenvalue weighted by Gasteiger charge is 2.47. The van der Waals surface area contributed by atoms with Crippen LogP contribution in [0.2, 0.25) is 0 Å². The van der Waals surface area contributed by atoms with E-state index >= 15 is 0 Å². The van der Waals surface area contributed by atoms with Crippen LogP contribution >= 0.6 is 0 Å². The standard InChI is InChI=1S/C54H102O14/c1-3-5-7-9-11-13-15-17-18-19-20-21-22-23-24-25-26-28-30-32-34-36-38-63-40-43(66-46(56)37-35-33-31-29-27-16-14-12-10-8-6-4-2)41-64-53-52(62)50(60)48(58)45(68-53)42-65-54-51(61)49(59)47(57)44(39-55)67-54/h12,14,43-45,47-55,57-62H,3-11,13,15-42H2,1-2H3/b14-12-. The fourth-order valence-corrected chi connectivity index (χ4v) is 8.99. The summed E-state index contributed by atoms with van der Waals surface area (Å²) in [7, 11) is 0. The molecule has 0 amide bonds. The fraction of sp³-hybridized carbons (Fsp3) is 0.944. The number of hydrogen-bond acceptors (Lipinski definition) is 14. The Kier molecular flexibility index (Phi) is 39.1. The summed E-state index contributed by atoms with van der Waals surface area (Å²) < 4.78 is 34.3. The summed E-state index contributed by atoms with van der Waals surface area (Å²) in [5, 5.41) is 72.2. The first-order valence-corrected chi connectivity index (χ1v) is 27.8. The van der Waals surface area contributed by atoms with Gasteiger partial charge in [-0.05, 0) is 38.5 Å². The van der Waals surface area contributed by atoms with Crippen molar-refractivity contribution in [2.75, 3.05) is 33.0 Å². The molecule has 14 nitrogen and oxygen atoms in total. The van der Waals surface area contributed by atoms with E-state index in [2.05, 4.69) is 26.0 Å². The Morgan fingerprint density at radius 3 is 1.37 bits per heavy atom. The third-order valence-corrected chi connectivity index (χ3v) is 13.5. The van der Waals surface area contributed by atoms with Crippen LogP contribution in [0.1, 0.15) is 226 Å². The van der Waals surface area contributed by atoms with E-state index in [1.54, 1.807) is 0 Å². The number of aliphatic hydroxyl groups is 7. The maximum atomic E-state index is 13.0. The number of carbonyl (C=O) groups is 1. The molecule has 7 N–H and O–H groups in total. The zero-order valence-electron chi connectivity index (χ0n) is 42.9. The lowest BCUT2D eigenvalue weighted by Crippen LogP contribution is -2.61. The normalized spacial score (nSPS) is 25.9. The van der Waals surface area contributed by atoms with Crippen molar-refractivity contribution in [3.63, 3.8) is 0 Å². The molecular weight excluding hydrogens is 873 g/mol. The van der Waals surface area contributed by atoms with E-state index in [1.807, 2.05) is 0 Å². The first-order valence-electron chi connectivity index (χ1n) is 27.8. The van der Waals surface area contributed by atoms with E-state index in [-0.39, 0.29) is 25.6 Å². The minimum atomic E-state index is -1.70. The zero-order valence-corrected chi connectivity index (χ0v) is 42.9. The van der Waals surface area contributed by atoms with E-state index in [0.717, 1.165) is 57.8 Å². The van der Waals surface area contributed by atoms with Crippen LogP contribution in [0.25, 0.3) is 0 Å². The highest BCUT2D eigenvalue weighted by atomic mass is 16.7. The minimum absolute atomic E-state index is 0.0641. The smallest absolute Gasteiger partial charge is 0.306 e. The maximum absolute atomic E-state index is 13.0. The zero-order chi connectivity index (χ0) is 49.5. The van der Waals surface area contributed by atoms with Gasteiger partial charge in [-0.3, -0.25) is 4.79 Å². The van der Waals surface area contributed by atoms with Crippen molar-refractivity contribution >= 4 is 5.97 Å². The van der Waals surface area contributed by atoms with Gasteiger partial charge >= 0.3 is 5.97 Å². The van der Waals surface area contributed by atoms with Crippen molar-refractivity contribution in [1.29, 1.82) is 0 Å². The summed E-state index contributed by atoms with van der Waals surface area (Å²) in [5.74, 6) is -0.382.